The van der Waals surface area contributed by atoms with E-state index >= 15 is 0 Å². The molecule has 0 unspecified atom stereocenters. The van der Waals surface area contributed by atoms with Crippen LogP contribution in [-0.4, -0.2) is 27.8 Å². The molecular formula is C30H36N2O6. The first-order chi connectivity index (χ1) is 17.9. The number of carbonyl (C=O) groups is 3. The Hall–Kier alpha value is -3.03. The molecule has 1 aromatic carbocycles. The van der Waals surface area contributed by atoms with E-state index in [1.807, 2.05) is 6.92 Å². The Morgan fingerprint density at radius 2 is 1.82 bits per heavy atom. The molecule has 0 radical (unpaired) electrons. The Labute approximate surface area is 222 Å². The molecule has 8 heteroatoms. The molecule has 1 aliphatic heterocycles. The van der Waals surface area contributed by atoms with Gasteiger partial charge in [-0.25, -0.2) is 4.90 Å². The summed E-state index contributed by atoms with van der Waals surface area (Å²) in [4.78, 5) is 53.3. The standard InChI is InChI=1S/C30H36N2O6/c1-16(2)18-15-30-13-10-21-28(3,11-7-12-29(21,4)27(35)36)22(30)14-17(18)23-24(30)26(34)31(25(23)33)19-8-5-6-9-20(19)32(37)38/h5-6,8-9,15-17,21-24H,7,10-14H2,1-4H3,(H,35,36)/t17-,21+,22-,23-,24+,28+,29-,30-/m0/s1. The summed E-state index contributed by atoms with van der Waals surface area (Å²) in [6.45, 7) is 8.39. The topological polar surface area (TPSA) is 118 Å². The zero-order valence-corrected chi connectivity index (χ0v) is 22.5. The molecule has 1 aromatic rings. The fourth-order valence-electron chi connectivity index (χ4n) is 10.0. The Morgan fingerprint density at radius 1 is 1.11 bits per heavy atom. The largest absolute Gasteiger partial charge is 0.481 e. The number of hydrogen-bond acceptors (Lipinski definition) is 5. The molecule has 5 aliphatic carbocycles. The van der Waals surface area contributed by atoms with Gasteiger partial charge in [-0.2, -0.15) is 0 Å². The van der Waals surface area contributed by atoms with Gasteiger partial charge in [0, 0.05) is 11.5 Å². The van der Waals surface area contributed by atoms with E-state index < -0.39 is 33.6 Å². The maximum atomic E-state index is 14.3. The normalized spacial score (nSPS) is 41.4. The zero-order chi connectivity index (χ0) is 27.4. The van der Waals surface area contributed by atoms with Gasteiger partial charge in [0.1, 0.15) is 5.69 Å². The van der Waals surface area contributed by atoms with Crippen LogP contribution in [0.15, 0.2) is 35.9 Å². The lowest BCUT2D eigenvalue weighted by Gasteiger charge is -2.68. The Bertz CT molecular complexity index is 1300. The summed E-state index contributed by atoms with van der Waals surface area (Å²) in [5.74, 6) is -2.32. The first-order valence-electron chi connectivity index (χ1n) is 14.0. The molecule has 1 heterocycles. The molecule has 1 spiro atoms. The van der Waals surface area contributed by atoms with Crippen molar-refractivity contribution < 1.29 is 24.4 Å². The number of benzene rings is 1. The van der Waals surface area contributed by atoms with Crippen molar-refractivity contribution in [2.45, 2.75) is 66.2 Å². The van der Waals surface area contributed by atoms with Crippen LogP contribution in [0.4, 0.5) is 11.4 Å². The maximum Gasteiger partial charge on any atom is 0.309 e. The molecule has 7 rings (SSSR count). The summed E-state index contributed by atoms with van der Waals surface area (Å²) in [5, 5.41) is 22.1. The van der Waals surface area contributed by atoms with Gasteiger partial charge in [0.15, 0.2) is 0 Å². The molecule has 6 aliphatic rings. The highest BCUT2D eigenvalue weighted by Crippen LogP contribution is 2.74. The molecular weight excluding hydrogens is 484 g/mol. The first-order valence-corrected chi connectivity index (χ1v) is 14.0. The number of anilines is 1. The van der Waals surface area contributed by atoms with Crippen molar-refractivity contribution in [1.29, 1.82) is 0 Å². The van der Waals surface area contributed by atoms with Crippen molar-refractivity contribution in [3.05, 3.63) is 46.0 Å². The van der Waals surface area contributed by atoms with E-state index in [-0.39, 0.29) is 52.3 Å². The number of aliphatic carboxylic acids is 1. The van der Waals surface area contributed by atoms with Crippen LogP contribution in [0.1, 0.15) is 66.2 Å². The molecule has 2 bridgehead atoms. The second kappa shape index (κ2) is 7.99. The van der Waals surface area contributed by atoms with Crippen LogP contribution in [0.25, 0.3) is 0 Å². The van der Waals surface area contributed by atoms with E-state index in [0.29, 0.717) is 19.3 Å². The molecule has 3 saturated carbocycles. The quantitative estimate of drug-likeness (QED) is 0.239. The van der Waals surface area contributed by atoms with Gasteiger partial charge in [-0.05, 0) is 74.2 Å². The lowest BCUT2D eigenvalue weighted by atomic mass is 9.34. The monoisotopic (exact) mass is 520 g/mol. The summed E-state index contributed by atoms with van der Waals surface area (Å²) in [6.07, 6.45) is 6.84. The molecule has 1 saturated heterocycles. The number of allylic oxidation sites excluding steroid dienone is 2. The summed E-state index contributed by atoms with van der Waals surface area (Å²) < 4.78 is 0. The lowest BCUT2D eigenvalue weighted by Crippen LogP contribution is -2.65. The van der Waals surface area contributed by atoms with E-state index in [4.69, 9.17) is 0 Å². The number of rotatable bonds is 4. The van der Waals surface area contributed by atoms with Crippen LogP contribution in [0.2, 0.25) is 0 Å². The van der Waals surface area contributed by atoms with Gasteiger partial charge in [-0.15, -0.1) is 0 Å². The fourth-order valence-corrected chi connectivity index (χ4v) is 10.0. The zero-order valence-electron chi connectivity index (χ0n) is 22.5. The number of nitrogens with zero attached hydrogens (tertiary/aromatic N) is 2. The Kier molecular flexibility index (Phi) is 5.31. The number of carboxylic acid groups (broad SMARTS) is 1. The summed E-state index contributed by atoms with van der Waals surface area (Å²) in [6, 6.07) is 6.00. The van der Waals surface area contributed by atoms with Gasteiger partial charge in [-0.1, -0.05) is 51.0 Å². The molecule has 202 valence electrons. The number of hydrogen-bond donors (Lipinski definition) is 1. The second-order valence-corrected chi connectivity index (χ2v) is 13.2. The molecule has 0 aromatic heterocycles. The van der Waals surface area contributed by atoms with E-state index in [9.17, 15) is 29.6 Å². The fraction of sp³-hybridized carbons (Fsp3) is 0.633. The third-order valence-electron chi connectivity index (χ3n) is 11.5. The highest BCUT2D eigenvalue weighted by atomic mass is 16.6. The van der Waals surface area contributed by atoms with Crippen molar-refractivity contribution in [2.75, 3.05) is 4.90 Å². The highest BCUT2D eigenvalue weighted by molar-refractivity contribution is 6.23. The number of carbonyl (C=O) groups excluding carboxylic acids is 2. The van der Waals surface area contributed by atoms with Crippen molar-refractivity contribution >= 4 is 29.2 Å². The second-order valence-electron chi connectivity index (χ2n) is 13.2. The van der Waals surface area contributed by atoms with Crippen molar-refractivity contribution in [2.24, 2.45) is 51.8 Å². The number of imide groups is 1. The Balaban J connectivity index is 1.50. The number of para-hydroxylation sites is 2. The summed E-state index contributed by atoms with van der Waals surface area (Å²) in [5.41, 5.74) is -0.593. The number of nitro groups is 1. The SMILES string of the molecule is CC(C)C1=C[C@@]23CC[C@@H]4[C@@](C)(CCC[C@]4(C)C(=O)O)[C@@H]2C[C@@H]1[C@@H]1C(=O)N(c2ccccc2[N+](=O)[O-])C(=O)[C@@H]13. The molecule has 8 nitrogen and oxygen atoms in total. The summed E-state index contributed by atoms with van der Waals surface area (Å²) >= 11 is 0. The lowest BCUT2D eigenvalue weighted by molar-refractivity contribution is -0.384. The van der Waals surface area contributed by atoms with Gasteiger partial charge in [0.25, 0.3) is 5.69 Å². The van der Waals surface area contributed by atoms with Gasteiger partial charge >= 0.3 is 5.97 Å². The van der Waals surface area contributed by atoms with Crippen LogP contribution < -0.4 is 4.90 Å². The minimum absolute atomic E-state index is 0.00379. The molecule has 2 amide bonds. The number of carboxylic acids is 1. The summed E-state index contributed by atoms with van der Waals surface area (Å²) in [7, 11) is 0. The minimum atomic E-state index is -0.804. The average Bonchev–Trinajstić information content (AvgIpc) is 3.15. The number of amides is 2. The number of nitro benzene ring substituents is 1. The van der Waals surface area contributed by atoms with Crippen molar-refractivity contribution in [3.63, 3.8) is 0 Å². The van der Waals surface area contributed by atoms with Crippen LogP contribution >= 0.6 is 0 Å². The van der Waals surface area contributed by atoms with Crippen LogP contribution in [0, 0.1) is 61.9 Å². The van der Waals surface area contributed by atoms with Crippen LogP contribution in [0.5, 0.6) is 0 Å². The Morgan fingerprint density at radius 3 is 2.47 bits per heavy atom. The van der Waals surface area contributed by atoms with Crippen molar-refractivity contribution in [3.8, 4) is 0 Å². The van der Waals surface area contributed by atoms with Gasteiger partial charge < -0.3 is 5.11 Å². The smallest absolute Gasteiger partial charge is 0.309 e. The van der Waals surface area contributed by atoms with Gasteiger partial charge in [0.2, 0.25) is 11.8 Å². The van der Waals surface area contributed by atoms with E-state index in [2.05, 4.69) is 26.8 Å². The molecule has 4 fully saturated rings. The third kappa shape index (κ3) is 2.94. The van der Waals surface area contributed by atoms with E-state index in [1.54, 1.807) is 12.1 Å². The number of fused-ring (bicyclic) bond motifs is 1. The first kappa shape index (κ1) is 25.3. The van der Waals surface area contributed by atoms with E-state index in [1.165, 1.54) is 17.7 Å². The molecule has 1 N–H and O–H groups in total. The predicted molar refractivity (Wildman–Crippen MR) is 140 cm³/mol. The molecule has 8 atom stereocenters. The average molecular weight is 521 g/mol. The van der Waals surface area contributed by atoms with Crippen LogP contribution in [0.3, 0.4) is 0 Å². The third-order valence-corrected chi connectivity index (χ3v) is 11.5. The van der Waals surface area contributed by atoms with Gasteiger partial charge in [0.05, 0.1) is 22.2 Å². The van der Waals surface area contributed by atoms with Gasteiger partial charge in [-0.3, -0.25) is 24.5 Å². The highest BCUT2D eigenvalue weighted by Gasteiger charge is 2.73. The predicted octanol–water partition coefficient (Wildman–Crippen LogP) is 5.61. The molecule has 38 heavy (non-hydrogen) atoms. The van der Waals surface area contributed by atoms with Crippen molar-refractivity contribution in [1.82, 2.24) is 0 Å². The minimum Gasteiger partial charge on any atom is -0.481 e. The van der Waals surface area contributed by atoms with E-state index in [0.717, 1.165) is 24.2 Å². The van der Waals surface area contributed by atoms with Crippen LogP contribution in [-0.2, 0) is 14.4 Å². The maximum absolute atomic E-state index is 14.3.